The number of nitrogens with zero attached hydrogens (tertiary/aromatic N) is 2. The second-order valence-electron chi connectivity index (χ2n) is 7.99. The molecule has 2 atom stereocenters. The third kappa shape index (κ3) is 3.57. The molecule has 1 aromatic carbocycles. The molecule has 0 radical (unpaired) electrons. The van der Waals surface area contributed by atoms with Gasteiger partial charge in [-0.05, 0) is 49.3 Å². The highest BCUT2D eigenvalue weighted by atomic mass is 32.1. The monoisotopic (exact) mass is 413 g/mol. The first kappa shape index (κ1) is 18.4. The Morgan fingerprint density at radius 1 is 1.28 bits per heavy atom. The largest absolute Gasteiger partial charge is 0.454 e. The molecule has 7 nitrogen and oxygen atoms in total. The first-order valence-corrected chi connectivity index (χ1v) is 10.9. The van der Waals surface area contributed by atoms with Crippen LogP contribution in [0.1, 0.15) is 42.3 Å². The van der Waals surface area contributed by atoms with Gasteiger partial charge in [-0.25, -0.2) is 4.98 Å². The van der Waals surface area contributed by atoms with E-state index in [9.17, 15) is 9.59 Å². The van der Waals surface area contributed by atoms with E-state index in [1.54, 1.807) is 16.2 Å². The number of hydrogen-bond donors (Lipinski definition) is 1. The number of aromatic nitrogens is 1. The van der Waals surface area contributed by atoms with Crippen molar-refractivity contribution in [3.8, 4) is 11.5 Å². The zero-order valence-corrected chi connectivity index (χ0v) is 17.1. The van der Waals surface area contributed by atoms with Crippen LogP contribution in [0, 0.1) is 5.92 Å². The van der Waals surface area contributed by atoms with E-state index in [1.165, 1.54) is 4.88 Å². The Hall–Kier alpha value is -2.61. The lowest BCUT2D eigenvalue weighted by atomic mass is 9.93. The molecule has 8 heteroatoms. The Balaban J connectivity index is 1.29. The fourth-order valence-electron chi connectivity index (χ4n) is 4.22. The van der Waals surface area contributed by atoms with Crippen LogP contribution < -0.4 is 14.8 Å². The molecule has 1 fully saturated rings. The van der Waals surface area contributed by atoms with E-state index in [0.717, 1.165) is 30.5 Å². The van der Waals surface area contributed by atoms with Gasteiger partial charge in [0, 0.05) is 17.8 Å². The Morgan fingerprint density at radius 2 is 2.14 bits per heavy atom. The molecule has 1 N–H and O–H groups in total. The van der Waals surface area contributed by atoms with E-state index in [-0.39, 0.29) is 18.6 Å². The molecular formula is C21H23N3O4S. The molecule has 2 aliphatic heterocycles. The molecule has 2 unspecified atom stereocenters. The van der Waals surface area contributed by atoms with Crippen molar-refractivity contribution in [3.63, 3.8) is 0 Å². The third-order valence-corrected chi connectivity index (χ3v) is 6.87. The van der Waals surface area contributed by atoms with Crippen LogP contribution in [0.3, 0.4) is 0 Å². The van der Waals surface area contributed by atoms with Crippen LogP contribution in [0.25, 0.3) is 0 Å². The zero-order chi connectivity index (χ0) is 20.0. The summed E-state index contributed by atoms with van der Waals surface area (Å²) >= 11 is 1.57. The minimum Gasteiger partial charge on any atom is -0.454 e. The number of rotatable bonds is 4. The molecule has 152 valence electrons. The number of aryl methyl sites for hydroxylation is 1. The van der Waals surface area contributed by atoms with Crippen molar-refractivity contribution in [2.24, 2.45) is 5.92 Å². The van der Waals surface area contributed by atoms with Crippen molar-refractivity contribution >= 4 is 28.3 Å². The number of likely N-dealkylation sites (tertiary alicyclic amines) is 1. The first-order chi connectivity index (χ1) is 14.1. The zero-order valence-electron chi connectivity index (χ0n) is 16.3. The van der Waals surface area contributed by atoms with Gasteiger partial charge in [0.2, 0.25) is 18.6 Å². The molecule has 2 amide bonds. The van der Waals surface area contributed by atoms with Crippen molar-refractivity contribution in [2.75, 3.05) is 12.1 Å². The fourth-order valence-corrected chi connectivity index (χ4v) is 5.40. The number of thiazole rings is 1. The van der Waals surface area contributed by atoms with Gasteiger partial charge in [-0.2, -0.15) is 0 Å². The number of fused-ring (bicyclic) bond motifs is 2. The molecule has 0 bridgehead atoms. The number of hydrogen-bond acceptors (Lipinski definition) is 6. The predicted molar refractivity (Wildman–Crippen MR) is 108 cm³/mol. The molecule has 5 rings (SSSR count). The second-order valence-corrected chi connectivity index (χ2v) is 9.07. The van der Waals surface area contributed by atoms with E-state index < -0.39 is 6.04 Å². The number of ether oxygens (including phenoxy) is 2. The molecule has 1 saturated heterocycles. The van der Waals surface area contributed by atoms with Crippen molar-refractivity contribution < 1.29 is 19.1 Å². The second kappa shape index (κ2) is 7.33. The number of anilines is 1. The maximum absolute atomic E-state index is 12.9. The summed E-state index contributed by atoms with van der Waals surface area (Å²) in [4.78, 5) is 32.9. The Morgan fingerprint density at radius 3 is 3.03 bits per heavy atom. The quantitative estimate of drug-likeness (QED) is 0.833. The average Bonchev–Trinajstić information content (AvgIpc) is 3.40. The highest BCUT2D eigenvalue weighted by Gasteiger charge is 2.36. The molecule has 1 aliphatic carbocycles. The molecule has 2 aromatic rings. The summed E-state index contributed by atoms with van der Waals surface area (Å²) in [5.74, 6) is 1.89. The van der Waals surface area contributed by atoms with Gasteiger partial charge in [-0.15, -0.1) is 11.3 Å². The minimum atomic E-state index is -0.479. The lowest BCUT2D eigenvalue weighted by Crippen LogP contribution is -2.41. The van der Waals surface area contributed by atoms with Gasteiger partial charge in [0.1, 0.15) is 6.04 Å². The Kier molecular flexibility index (Phi) is 4.66. The highest BCUT2D eigenvalue weighted by Crippen LogP contribution is 2.35. The van der Waals surface area contributed by atoms with Crippen molar-refractivity contribution in [2.45, 2.75) is 51.6 Å². The number of nitrogens with one attached hydrogen (secondary N) is 1. The van der Waals surface area contributed by atoms with Gasteiger partial charge < -0.3 is 19.7 Å². The van der Waals surface area contributed by atoms with Crippen LogP contribution in [0.5, 0.6) is 11.5 Å². The van der Waals surface area contributed by atoms with Gasteiger partial charge in [0.25, 0.3) is 0 Å². The summed E-state index contributed by atoms with van der Waals surface area (Å²) < 4.78 is 10.8. The molecule has 3 aliphatic rings. The standard InChI is InChI=1S/C21H23N3O4S/c1-12-2-4-14-18(8-12)29-21(22-14)23-20(26)15-5-7-19(25)24(15)10-13-3-6-16-17(9-13)28-11-27-16/h3,6,9,12,15H,2,4-5,7-8,10-11H2,1H3,(H,22,23,26). The Labute approximate surface area is 173 Å². The van der Waals surface area contributed by atoms with Crippen LogP contribution in [0.2, 0.25) is 0 Å². The predicted octanol–water partition coefficient (Wildman–Crippen LogP) is 3.13. The maximum atomic E-state index is 12.9. The summed E-state index contributed by atoms with van der Waals surface area (Å²) in [6.07, 6.45) is 4.05. The lowest BCUT2D eigenvalue weighted by Gasteiger charge is -2.23. The molecule has 29 heavy (non-hydrogen) atoms. The van der Waals surface area contributed by atoms with E-state index in [4.69, 9.17) is 9.47 Å². The summed E-state index contributed by atoms with van der Waals surface area (Å²) in [6, 6.07) is 5.14. The van der Waals surface area contributed by atoms with Gasteiger partial charge in [0.05, 0.1) is 5.69 Å². The summed E-state index contributed by atoms with van der Waals surface area (Å²) in [6.45, 7) is 2.83. The molecule has 3 heterocycles. The summed E-state index contributed by atoms with van der Waals surface area (Å²) in [7, 11) is 0. The van der Waals surface area contributed by atoms with Crippen molar-refractivity contribution in [1.82, 2.24) is 9.88 Å². The molecule has 0 saturated carbocycles. The van der Waals surface area contributed by atoms with Crippen LogP contribution in [0.15, 0.2) is 18.2 Å². The van der Waals surface area contributed by atoms with Gasteiger partial charge in [-0.3, -0.25) is 9.59 Å². The number of amides is 2. The normalized spacial score (nSPS) is 22.7. The lowest BCUT2D eigenvalue weighted by molar-refractivity contribution is -0.133. The number of carbonyl (C=O) groups excluding carboxylic acids is 2. The number of benzene rings is 1. The van der Waals surface area contributed by atoms with E-state index in [1.807, 2.05) is 18.2 Å². The topological polar surface area (TPSA) is 80.8 Å². The van der Waals surface area contributed by atoms with Crippen LogP contribution in [-0.2, 0) is 29.0 Å². The minimum absolute atomic E-state index is 0.00456. The SMILES string of the molecule is CC1CCc2nc(NC(=O)C3CCC(=O)N3Cc3ccc4c(c3)OCO4)sc2C1. The smallest absolute Gasteiger partial charge is 0.248 e. The first-order valence-electron chi connectivity index (χ1n) is 10.0. The van der Waals surface area contributed by atoms with Gasteiger partial charge in [0.15, 0.2) is 16.6 Å². The summed E-state index contributed by atoms with van der Waals surface area (Å²) in [5.41, 5.74) is 2.03. The third-order valence-electron chi connectivity index (χ3n) is 5.84. The van der Waals surface area contributed by atoms with Crippen LogP contribution >= 0.6 is 11.3 Å². The average molecular weight is 413 g/mol. The van der Waals surface area contributed by atoms with E-state index in [0.29, 0.717) is 41.9 Å². The van der Waals surface area contributed by atoms with Gasteiger partial charge in [-0.1, -0.05) is 13.0 Å². The van der Waals surface area contributed by atoms with Crippen molar-refractivity contribution in [3.05, 3.63) is 34.3 Å². The van der Waals surface area contributed by atoms with E-state index >= 15 is 0 Å². The van der Waals surface area contributed by atoms with Crippen LogP contribution in [0.4, 0.5) is 5.13 Å². The summed E-state index contributed by atoms with van der Waals surface area (Å²) in [5, 5.41) is 3.61. The molecule has 1 aromatic heterocycles. The fraction of sp³-hybridized carbons (Fsp3) is 0.476. The maximum Gasteiger partial charge on any atom is 0.248 e. The molecular weight excluding hydrogens is 390 g/mol. The molecule has 0 spiro atoms. The van der Waals surface area contributed by atoms with Crippen LogP contribution in [-0.4, -0.2) is 34.5 Å². The van der Waals surface area contributed by atoms with E-state index in [2.05, 4.69) is 17.2 Å². The highest BCUT2D eigenvalue weighted by molar-refractivity contribution is 7.15. The Bertz CT molecular complexity index is 973. The van der Waals surface area contributed by atoms with Crippen molar-refractivity contribution in [1.29, 1.82) is 0 Å². The number of carbonyl (C=O) groups is 2. The van der Waals surface area contributed by atoms with Gasteiger partial charge >= 0.3 is 0 Å².